The van der Waals surface area contributed by atoms with Crippen molar-refractivity contribution in [1.29, 1.82) is 0 Å². The highest BCUT2D eigenvalue weighted by Gasteiger charge is 2.30. The van der Waals surface area contributed by atoms with Gasteiger partial charge in [-0.25, -0.2) is 0 Å². The summed E-state index contributed by atoms with van der Waals surface area (Å²) >= 11 is 3.23. The third kappa shape index (κ3) is 1.72. The van der Waals surface area contributed by atoms with Crippen LogP contribution in [0.3, 0.4) is 0 Å². The van der Waals surface area contributed by atoms with Gasteiger partial charge in [-0.15, -0.1) is 0 Å². The van der Waals surface area contributed by atoms with Crippen molar-refractivity contribution in [1.82, 2.24) is 0 Å². The van der Waals surface area contributed by atoms with Crippen molar-refractivity contribution < 1.29 is 4.92 Å². The Kier molecular flexibility index (Phi) is 2.07. The summed E-state index contributed by atoms with van der Waals surface area (Å²) in [5.74, 6) is 0.425. The van der Waals surface area contributed by atoms with Crippen LogP contribution in [0.1, 0.15) is 24.3 Å². The number of hydrogen-bond donors (Lipinski definition) is 0. The zero-order chi connectivity index (χ0) is 9.42. The van der Waals surface area contributed by atoms with Gasteiger partial charge < -0.3 is 0 Å². The molecule has 0 aromatic heterocycles. The van der Waals surface area contributed by atoms with Gasteiger partial charge in [-0.3, -0.25) is 10.1 Å². The second kappa shape index (κ2) is 3.10. The Morgan fingerprint density at radius 3 is 2.69 bits per heavy atom. The standard InChI is InChI=1S/C9H8BrNO2/c10-7-3-4-8(6-1-2-6)9(5-7)11(12)13/h3-6H,1-2H2. The maximum atomic E-state index is 10.7. The highest BCUT2D eigenvalue weighted by Crippen LogP contribution is 2.44. The smallest absolute Gasteiger partial charge is 0.258 e. The molecular weight excluding hydrogens is 234 g/mol. The maximum absolute atomic E-state index is 10.7. The Balaban J connectivity index is 2.47. The molecule has 0 N–H and O–H groups in total. The second-order valence-corrected chi connectivity index (χ2v) is 4.15. The maximum Gasteiger partial charge on any atom is 0.273 e. The molecule has 1 aromatic carbocycles. The lowest BCUT2D eigenvalue weighted by molar-refractivity contribution is -0.385. The lowest BCUT2D eigenvalue weighted by atomic mass is 10.1. The summed E-state index contributed by atoms with van der Waals surface area (Å²) < 4.78 is 0.767. The Morgan fingerprint density at radius 1 is 1.46 bits per heavy atom. The van der Waals surface area contributed by atoms with E-state index < -0.39 is 0 Å². The number of halogens is 1. The van der Waals surface area contributed by atoms with E-state index in [1.165, 1.54) is 0 Å². The van der Waals surface area contributed by atoms with Crippen LogP contribution in [0.2, 0.25) is 0 Å². The number of nitro benzene ring substituents is 1. The fourth-order valence-corrected chi connectivity index (χ4v) is 1.76. The van der Waals surface area contributed by atoms with E-state index in [1.807, 2.05) is 12.1 Å². The average Bonchev–Trinajstić information content (AvgIpc) is 2.87. The van der Waals surface area contributed by atoms with E-state index >= 15 is 0 Å². The second-order valence-electron chi connectivity index (χ2n) is 3.23. The Hall–Kier alpha value is -0.900. The number of benzene rings is 1. The van der Waals surface area contributed by atoms with Crippen LogP contribution in [-0.4, -0.2) is 4.92 Å². The fraction of sp³-hybridized carbons (Fsp3) is 0.333. The van der Waals surface area contributed by atoms with E-state index in [2.05, 4.69) is 15.9 Å². The van der Waals surface area contributed by atoms with Crippen LogP contribution in [0, 0.1) is 10.1 Å². The molecule has 0 amide bonds. The molecule has 1 aliphatic carbocycles. The molecule has 1 fully saturated rings. The van der Waals surface area contributed by atoms with Crippen molar-refractivity contribution in [3.8, 4) is 0 Å². The van der Waals surface area contributed by atoms with Gasteiger partial charge in [-0.05, 0) is 24.8 Å². The van der Waals surface area contributed by atoms with Gasteiger partial charge in [0, 0.05) is 16.1 Å². The molecule has 3 nitrogen and oxygen atoms in total. The summed E-state index contributed by atoms with van der Waals surface area (Å²) in [6.07, 6.45) is 2.17. The van der Waals surface area contributed by atoms with Crippen LogP contribution in [0.25, 0.3) is 0 Å². The molecule has 1 saturated carbocycles. The van der Waals surface area contributed by atoms with Gasteiger partial charge >= 0.3 is 0 Å². The molecule has 1 aromatic rings. The van der Waals surface area contributed by atoms with Gasteiger partial charge in [0.2, 0.25) is 0 Å². The topological polar surface area (TPSA) is 43.1 Å². The van der Waals surface area contributed by atoms with E-state index in [9.17, 15) is 10.1 Å². The first-order valence-electron chi connectivity index (χ1n) is 4.12. The van der Waals surface area contributed by atoms with Crippen LogP contribution in [0.4, 0.5) is 5.69 Å². The number of nitro groups is 1. The minimum atomic E-state index is -0.307. The van der Waals surface area contributed by atoms with Crippen molar-refractivity contribution in [3.05, 3.63) is 38.3 Å². The van der Waals surface area contributed by atoms with E-state index in [-0.39, 0.29) is 10.6 Å². The molecule has 0 atom stereocenters. The molecule has 2 rings (SSSR count). The van der Waals surface area contributed by atoms with Crippen LogP contribution >= 0.6 is 15.9 Å². The van der Waals surface area contributed by atoms with Crippen LogP contribution in [0.5, 0.6) is 0 Å². The van der Waals surface area contributed by atoms with Gasteiger partial charge in [0.25, 0.3) is 5.69 Å². The van der Waals surface area contributed by atoms with Gasteiger partial charge in [0.05, 0.1) is 4.92 Å². The van der Waals surface area contributed by atoms with Gasteiger partial charge in [0.1, 0.15) is 0 Å². The van der Waals surface area contributed by atoms with Crippen molar-refractivity contribution in [2.45, 2.75) is 18.8 Å². The summed E-state index contributed by atoms with van der Waals surface area (Å²) in [5, 5.41) is 10.7. The Morgan fingerprint density at radius 2 is 2.15 bits per heavy atom. The molecule has 0 spiro atoms. The highest BCUT2D eigenvalue weighted by atomic mass is 79.9. The number of hydrogen-bond acceptors (Lipinski definition) is 2. The number of rotatable bonds is 2. The minimum Gasteiger partial charge on any atom is -0.258 e. The van der Waals surface area contributed by atoms with Crippen LogP contribution in [0.15, 0.2) is 22.7 Å². The fourth-order valence-electron chi connectivity index (χ4n) is 1.41. The molecule has 1 aliphatic rings. The lowest BCUT2D eigenvalue weighted by Gasteiger charge is -2.00. The SMILES string of the molecule is O=[N+]([O-])c1cc(Br)ccc1C1CC1. The lowest BCUT2D eigenvalue weighted by Crippen LogP contribution is -1.93. The summed E-state index contributed by atoms with van der Waals surface area (Å²) in [5.41, 5.74) is 1.13. The molecule has 0 bridgehead atoms. The molecule has 0 aliphatic heterocycles. The zero-order valence-electron chi connectivity index (χ0n) is 6.87. The first-order chi connectivity index (χ1) is 6.18. The van der Waals surface area contributed by atoms with Gasteiger partial charge in [0.15, 0.2) is 0 Å². The number of nitrogens with zero attached hydrogens (tertiary/aromatic N) is 1. The predicted octanol–water partition coefficient (Wildman–Crippen LogP) is 3.23. The Bertz CT molecular complexity index is 361. The van der Waals surface area contributed by atoms with Crippen molar-refractivity contribution in [2.24, 2.45) is 0 Å². The molecule has 0 saturated heterocycles. The normalized spacial score (nSPS) is 15.8. The third-order valence-electron chi connectivity index (χ3n) is 2.21. The monoisotopic (exact) mass is 241 g/mol. The average molecular weight is 242 g/mol. The van der Waals surface area contributed by atoms with Crippen molar-refractivity contribution in [2.75, 3.05) is 0 Å². The summed E-state index contributed by atoms with van der Waals surface area (Å²) in [7, 11) is 0. The predicted molar refractivity (Wildman–Crippen MR) is 52.8 cm³/mol. The van der Waals surface area contributed by atoms with Crippen LogP contribution < -0.4 is 0 Å². The highest BCUT2D eigenvalue weighted by molar-refractivity contribution is 9.10. The van der Waals surface area contributed by atoms with Crippen LogP contribution in [-0.2, 0) is 0 Å². The minimum absolute atomic E-state index is 0.247. The molecule has 13 heavy (non-hydrogen) atoms. The largest absolute Gasteiger partial charge is 0.273 e. The summed E-state index contributed by atoms with van der Waals surface area (Å²) in [6, 6.07) is 5.29. The van der Waals surface area contributed by atoms with E-state index in [0.29, 0.717) is 5.92 Å². The molecule has 0 heterocycles. The molecular formula is C9H8BrNO2. The molecule has 0 unspecified atom stereocenters. The van der Waals surface area contributed by atoms with Crippen molar-refractivity contribution >= 4 is 21.6 Å². The Labute approximate surface area is 84.0 Å². The van der Waals surface area contributed by atoms with Crippen molar-refractivity contribution in [3.63, 3.8) is 0 Å². The van der Waals surface area contributed by atoms with E-state index in [0.717, 1.165) is 22.9 Å². The molecule has 68 valence electrons. The van der Waals surface area contributed by atoms with E-state index in [1.54, 1.807) is 6.07 Å². The first kappa shape index (κ1) is 8.69. The summed E-state index contributed by atoms with van der Waals surface area (Å²) in [4.78, 5) is 10.4. The van der Waals surface area contributed by atoms with Gasteiger partial charge in [-0.2, -0.15) is 0 Å². The zero-order valence-corrected chi connectivity index (χ0v) is 8.45. The molecule has 4 heteroatoms. The third-order valence-corrected chi connectivity index (χ3v) is 2.70. The molecule has 0 radical (unpaired) electrons. The first-order valence-corrected chi connectivity index (χ1v) is 4.91. The summed E-state index contributed by atoms with van der Waals surface area (Å²) in [6.45, 7) is 0. The quantitative estimate of drug-likeness (QED) is 0.590. The van der Waals surface area contributed by atoms with Gasteiger partial charge in [-0.1, -0.05) is 22.0 Å². The van der Waals surface area contributed by atoms with E-state index in [4.69, 9.17) is 0 Å².